The molecule has 3 rings (SSSR count). The van der Waals surface area contributed by atoms with Crippen molar-refractivity contribution in [2.75, 3.05) is 0 Å². The molecule has 2 aromatic carbocycles. The van der Waals surface area contributed by atoms with Gasteiger partial charge in [0.1, 0.15) is 5.75 Å². The minimum absolute atomic E-state index is 0.0303. The number of nitrogens with zero attached hydrogens (tertiary/aromatic N) is 2. The van der Waals surface area contributed by atoms with E-state index >= 15 is 0 Å². The molecule has 0 aliphatic heterocycles. The summed E-state index contributed by atoms with van der Waals surface area (Å²) in [6.45, 7) is 1.70. The number of aryl methyl sites for hydroxylation is 1. The van der Waals surface area contributed by atoms with E-state index in [2.05, 4.69) is 9.97 Å². The van der Waals surface area contributed by atoms with E-state index < -0.39 is 5.97 Å². The molecule has 0 spiro atoms. The average molecular weight is 280 g/mol. The maximum Gasteiger partial charge on any atom is 0.354 e. The van der Waals surface area contributed by atoms with Crippen LogP contribution in [0.5, 0.6) is 11.8 Å². The first-order valence-electron chi connectivity index (χ1n) is 6.37. The third-order valence-electron chi connectivity index (χ3n) is 2.98. The van der Waals surface area contributed by atoms with Gasteiger partial charge in [0.05, 0.1) is 0 Å². The van der Waals surface area contributed by atoms with Crippen LogP contribution in [0.1, 0.15) is 16.2 Å². The van der Waals surface area contributed by atoms with Gasteiger partial charge in [-0.2, -0.15) is 4.98 Å². The Morgan fingerprint density at radius 3 is 2.57 bits per heavy atom. The summed E-state index contributed by atoms with van der Waals surface area (Å²) in [6.07, 6.45) is 0. The van der Waals surface area contributed by atoms with Gasteiger partial charge in [-0.3, -0.25) is 0 Å². The monoisotopic (exact) mass is 280 g/mol. The van der Waals surface area contributed by atoms with Crippen molar-refractivity contribution in [1.82, 2.24) is 9.97 Å². The van der Waals surface area contributed by atoms with Crippen molar-refractivity contribution in [1.29, 1.82) is 0 Å². The van der Waals surface area contributed by atoms with E-state index in [1.165, 1.54) is 6.07 Å². The van der Waals surface area contributed by atoms with Gasteiger partial charge in [-0.15, -0.1) is 0 Å². The summed E-state index contributed by atoms with van der Waals surface area (Å²) >= 11 is 0. The van der Waals surface area contributed by atoms with Crippen LogP contribution in [0.4, 0.5) is 0 Å². The molecule has 0 bridgehead atoms. The molecule has 0 radical (unpaired) electrons. The number of carboxylic acids is 1. The van der Waals surface area contributed by atoms with Crippen LogP contribution in [0.25, 0.3) is 10.8 Å². The van der Waals surface area contributed by atoms with Gasteiger partial charge in [-0.1, -0.05) is 30.3 Å². The van der Waals surface area contributed by atoms with Gasteiger partial charge < -0.3 is 9.84 Å². The van der Waals surface area contributed by atoms with Crippen LogP contribution in [0.15, 0.2) is 48.5 Å². The molecule has 0 fully saturated rings. The fourth-order valence-electron chi connectivity index (χ4n) is 2.03. The first-order valence-corrected chi connectivity index (χ1v) is 6.37. The van der Waals surface area contributed by atoms with Gasteiger partial charge in [-0.05, 0) is 35.9 Å². The molecule has 0 aliphatic rings. The minimum Gasteiger partial charge on any atom is -0.477 e. The van der Waals surface area contributed by atoms with Crippen LogP contribution in [0.3, 0.4) is 0 Å². The second-order valence-corrected chi connectivity index (χ2v) is 4.59. The lowest BCUT2D eigenvalue weighted by Gasteiger charge is -2.06. The van der Waals surface area contributed by atoms with E-state index in [1.54, 1.807) is 13.0 Å². The largest absolute Gasteiger partial charge is 0.477 e. The van der Waals surface area contributed by atoms with Gasteiger partial charge in [0.15, 0.2) is 5.69 Å². The van der Waals surface area contributed by atoms with Gasteiger partial charge in [0, 0.05) is 5.69 Å². The van der Waals surface area contributed by atoms with E-state index in [0.29, 0.717) is 11.4 Å². The fourth-order valence-corrected chi connectivity index (χ4v) is 2.03. The maximum atomic E-state index is 11.0. The summed E-state index contributed by atoms with van der Waals surface area (Å²) in [5.74, 6) is -0.542. The molecular weight excluding hydrogens is 268 g/mol. The molecule has 5 heteroatoms. The van der Waals surface area contributed by atoms with Crippen molar-refractivity contribution in [2.24, 2.45) is 0 Å². The van der Waals surface area contributed by atoms with Crippen LogP contribution in [0.2, 0.25) is 0 Å². The molecule has 1 N–H and O–H groups in total. The Kier molecular flexibility index (Phi) is 3.23. The Morgan fingerprint density at radius 1 is 1.05 bits per heavy atom. The van der Waals surface area contributed by atoms with Crippen molar-refractivity contribution in [3.8, 4) is 11.8 Å². The van der Waals surface area contributed by atoms with Crippen LogP contribution < -0.4 is 4.74 Å². The Bertz CT molecular complexity index is 831. The maximum absolute atomic E-state index is 11.0. The number of hydrogen-bond acceptors (Lipinski definition) is 4. The summed E-state index contributed by atoms with van der Waals surface area (Å²) in [4.78, 5) is 19.0. The highest BCUT2D eigenvalue weighted by Gasteiger charge is 2.10. The summed E-state index contributed by atoms with van der Waals surface area (Å²) < 4.78 is 5.57. The molecular formula is C16H12N2O3. The zero-order chi connectivity index (χ0) is 14.8. The minimum atomic E-state index is -1.11. The molecule has 3 aromatic rings. The molecule has 0 saturated heterocycles. The zero-order valence-electron chi connectivity index (χ0n) is 11.3. The smallest absolute Gasteiger partial charge is 0.354 e. The number of carboxylic acid groups (broad SMARTS) is 1. The number of ether oxygens (including phenoxy) is 1. The lowest BCUT2D eigenvalue weighted by atomic mass is 10.1. The number of carbonyl (C=O) groups is 1. The fraction of sp³-hybridized carbons (Fsp3) is 0.0625. The van der Waals surface area contributed by atoms with Crippen LogP contribution >= 0.6 is 0 Å². The molecule has 0 atom stereocenters. The first kappa shape index (κ1) is 13.1. The Balaban J connectivity index is 1.96. The summed E-state index contributed by atoms with van der Waals surface area (Å²) in [7, 11) is 0. The quantitative estimate of drug-likeness (QED) is 0.795. The predicted molar refractivity (Wildman–Crippen MR) is 77.8 cm³/mol. The van der Waals surface area contributed by atoms with E-state index in [1.807, 2.05) is 36.4 Å². The van der Waals surface area contributed by atoms with Crippen molar-refractivity contribution in [3.63, 3.8) is 0 Å². The molecule has 0 amide bonds. The van der Waals surface area contributed by atoms with Crippen molar-refractivity contribution >= 4 is 16.7 Å². The normalized spacial score (nSPS) is 10.5. The predicted octanol–water partition coefficient (Wildman–Crippen LogP) is 3.43. The number of hydrogen-bond donors (Lipinski definition) is 1. The Hall–Kier alpha value is -2.95. The molecule has 0 aliphatic carbocycles. The molecule has 1 aromatic heterocycles. The van der Waals surface area contributed by atoms with E-state index in [-0.39, 0.29) is 11.7 Å². The summed E-state index contributed by atoms with van der Waals surface area (Å²) in [5.41, 5.74) is 0.455. The lowest BCUT2D eigenvalue weighted by Crippen LogP contribution is -2.04. The number of fused-ring (bicyclic) bond motifs is 1. The lowest BCUT2D eigenvalue weighted by molar-refractivity contribution is 0.0689. The third kappa shape index (κ3) is 2.81. The highest BCUT2D eigenvalue weighted by Crippen LogP contribution is 2.24. The first-order chi connectivity index (χ1) is 10.1. The Morgan fingerprint density at radius 2 is 1.81 bits per heavy atom. The van der Waals surface area contributed by atoms with Gasteiger partial charge in [0.2, 0.25) is 0 Å². The van der Waals surface area contributed by atoms with Gasteiger partial charge in [-0.25, -0.2) is 9.78 Å². The molecule has 5 nitrogen and oxygen atoms in total. The van der Waals surface area contributed by atoms with Crippen molar-refractivity contribution < 1.29 is 14.6 Å². The molecule has 1 heterocycles. The SMILES string of the molecule is Cc1cc(C(=O)O)nc(Oc2ccc3ccccc3c2)n1. The van der Waals surface area contributed by atoms with Gasteiger partial charge >= 0.3 is 12.0 Å². The number of aromatic nitrogens is 2. The summed E-state index contributed by atoms with van der Waals surface area (Å²) in [5, 5.41) is 11.1. The highest BCUT2D eigenvalue weighted by atomic mass is 16.5. The second kappa shape index (κ2) is 5.20. The standard InChI is InChI=1S/C16H12N2O3/c1-10-8-14(15(19)20)18-16(17-10)21-13-7-6-11-4-2-3-5-12(11)9-13/h2-9H,1H3,(H,19,20). The molecule has 21 heavy (non-hydrogen) atoms. The van der Waals surface area contributed by atoms with Crippen LogP contribution in [-0.4, -0.2) is 21.0 Å². The van der Waals surface area contributed by atoms with Crippen LogP contribution in [0, 0.1) is 6.92 Å². The number of aromatic carboxylic acids is 1. The number of rotatable bonds is 3. The summed E-state index contributed by atoms with van der Waals surface area (Å²) in [6, 6.07) is 14.9. The molecule has 0 unspecified atom stereocenters. The van der Waals surface area contributed by atoms with E-state index in [9.17, 15) is 4.79 Å². The second-order valence-electron chi connectivity index (χ2n) is 4.59. The van der Waals surface area contributed by atoms with E-state index in [4.69, 9.17) is 9.84 Å². The number of benzene rings is 2. The molecule has 0 saturated carbocycles. The highest BCUT2D eigenvalue weighted by molar-refractivity contribution is 5.85. The third-order valence-corrected chi connectivity index (χ3v) is 2.98. The van der Waals surface area contributed by atoms with Crippen LogP contribution in [-0.2, 0) is 0 Å². The van der Waals surface area contributed by atoms with Crippen molar-refractivity contribution in [2.45, 2.75) is 6.92 Å². The average Bonchev–Trinajstić information content (AvgIpc) is 2.46. The zero-order valence-corrected chi connectivity index (χ0v) is 11.3. The Labute approximate surface area is 120 Å². The van der Waals surface area contributed by atoms with Gasteiger partial charge in [0.25, 0.3) is 0 Å². The molecule has 104 valence electrons. The topological polar surface area (TPSA) is 72.3 Å². The van der Waals surface area contributed by atoms with Crippen molar-refractivity contribution in [3.05, 3.63) is 59.9 Å². The van der Waals surface area contributed by atoms with E-state index in [0.717, 1.165) is 10.8 Å².